The third kappa shape index (κ3) is 3.68. The second kappa shape index (κ2) is 5.95. The fourth-order valence-electron chi connectivity index (χ4n) is 1.85. The number of benzene rings is 1. The van der Waals surface area contributed by atoms with Gasteiger partial charge in [-0.25, -0.2) is 13.8 Å². The summed E-state index contributed by atoms with van der Waals surface area (Å²) < 4.78 is 31.8. The largest absolute Gasteiger partial charge is 0.434 e. The Morgan fingerprint density at radius 2 is 2.10 bits per heavy atom. The summed E-state index contributed by atoms with van der Waals surface area (Å²) in [5.74, 6) is -1.45. The minimum atomic E-state index is -0.672. The highest BCUT2D eigenvalue weighted by Crippen LogP contribution is 2.30. The molecule has 1 aromatic heterocycles. The number of aromatic nitrogens is 1. The number of nitrogens with zero attached hydrogens (tertiary/aromatic N) is 1. The van der Waals surface area contributed by atoms with E-state index in [1.54, 1.807) is 12.3 Å². The van der Waals surface area contributed by atoms with E-state index >= 15 is 0 Å². The van der Waals surface area contributed by atoms with Gasteiger partial charge in [-0.05, 0) is 36.6 Å². The molecule has 1 aromatic carbocycles. The summed E-state index contributed by atoms with van der Waals surface area (Å²) in [5, 5.41) is 3.59. The normalized spacial score (nSPS) is 14.2. The fraction of sp³-hybridized carbons (Fsp3) is 0.267. The number of ether oxygens (including phenoxy) is 1. The SMILES string of the molecule is Fc1ccc(F)c(Oc2ncc(CNC3CC3)cc2Cl)c1. The van der Waals surface area contributed by atoms with Crippen molar-refractivity contribution in [2.45, 2.75) is 25.4 Å². The lowest BCUT2D eigenvalue weighted by Crippen LogP contribution is -2.15. The van der Waals surface area contributed by atoms with E-state index in [-0.39, 0.29) is 16.7 Å². The van der Waals surface area contributed by atoms with Crippen LogP contribution in [-0.2, 0) is 6.54 Å². The van der Waals surface area contributed by atoms with Crippen molar-refractivity contribution >= 4 is 11.6 Å². The average Bonchev–Trinajstić information content (AvgIpc) is 3.27. The quantitative estimate of drug-likeness (QED) is 0.904. The monoisotopic (exact) mass is 310 g/mol. The van der Waals surface area contributed by atoms with Crippen molar-refractivity contribution in [2.75, 3.05) is 0 Å². The molecule has 6 heteroatoms. The van der Waals surface area contributed by atoms with E-state index in [9.17, 15) is 8.78 Å². The van der Waals surface area contributed by atoms with E-state index in [0.717, 1.165) is 23.8 Å². The predicted molar refractivity (Wildman–Crippen MR) is 75.5 cm³/mol. The first kappa shape index (κ1) is 14.2. The highest BCUT2D eigenvalue weighted by Gasteiger charge is 2.20. The topological polar surface area (TPSA) is 34.1 Å². The van der Waals surface area contributed by atoms with Crippen LogP contribution in [0.25, 0.3) is 0 Å². The summed E-state index contributed by atoms with van der Waals surface area (Å²) in [4.78, 5) is 4.06. The molecular formula is C15H13ClF2N2O. The third-order valence-electron chi connectivity index (χ3n) is 3.14. The van der Waals surface area contributed by atoms with E-state index in [1.807, 2.05) is 0 Å². The molecule has 3 nitrogen and oxygen atoms in total. The highest BCUT2D eigenvalue weighted by molar-refractivity contribution is 6.31. The zero-order valence-electron chi connectivity index (χ0n) is 11.1. The molecule has 3 rings (SSSR count). The van der Waals surface area contributed by atoms with Gasteiger partial charge in [0, 0.05) is 24.8 Å². The van der Waals surface area contributed by atoms with Crippen molar-refractivity contribution in [3.8, 4) is 11.6 Å². The molecule has 1 aliphatic rings. The summed E-state index contributed by atoms with van der Waals surface area (Å²) in [6.07, 6.45) is 4.00. The molecule has 21 heavy (non-hydrogen) atoms. The van der Waals surface area contributed by atoms with Crippen LogP contribution in [0, 0.1) is 11.6 Å². The van der Waals surface area contributed by atoms with Crippen LogP contribution in [-0.4, -0.2) is 11.0 Å². The van der Waals surface area contributed by atoms with E-state index in [2.05, 4.69) is 10.3 Å². The lowest BCUT2D eigenvalue weighted by Gasteiger charge is -2.09. The van der Waals surface area contributed by atoms with E-state index in [1.165, 1.54) is 12.8 Å². The van der Waals surface area contributed by atoms with Gasteiger partial charge in [-0.15, -0.1) is 0 Å². The second-order valence-corrected chi connectivity index (χ2v) is 5.37. The van der Waals surface area contributed by atoms with Crippen LogP contribution in [0.5, 0.6) is 11.6 Å². The highest BCUT2D eigenvalue weighted by atomic mass is 35.5. The number of rotatable bonds is 5. The van der Waals surface area contributed by atoms with Crippen molar-refractivity contribution in [1.82, 2.24) is 10.3 Å². The molecule has 0 atom stereocenters. The number of hydrogen-bond donors (Lipinski definition) is 1. The molecule has 1 fully saturated rings. The van der Waals surface area contributed by atoms with Crippen LogP contribution in [0.1, 0.15) is 18.4 Å². The summed E-state index contributed by atoms with van der Waals surface area (Å²) in [7, 11) is 0. The minimum absolute atomic E-state index is 0.0522. The van der Waals surface area contributed by atoms with Crippen LogP contribution in [0.3, 0.4) is 0 Å². The Morgan fingerprint density at radius 1 is 1.29 bits per heavy atom. The number of halogens is 3. The first-order valence-corrected chi connectivity index (χ1v) is 7.00. The number of pyridine rings is 1. The molecule has 110 valence electrons. The van der Waals surface area contributed by atoms with Crippen molar-refractivity contribution in [3.63, 3.8) is 0 Å². The van der Waals surface area contributed by atoms with Crippen molar-refractivity contribution in [1.29, 1.82) is 0 Å². The number of nitrogens with one attached hydrogen (secondary N) is 1. The predicted octanol–water partition coefficient (Wildman–Crippen LogP) is 4.06. The van der Waals surface area contributed by atoms with Gasteiger partial charge in [-0.2, -0.15) is 0 Å². The summed E-state index contributed by atoms with van der Waals surface area (Å²) in [6, 6.07) is 5.25. The summed E-state index contributed by atoms with van der Waals surface area (Å²) in [5.41, 5.74) is 0.916. The molecule has 0 radical (unpaired) electrons. The molecule has 1 heterocycles. The second-order valence-electron chi connectivity index (χ2n) is 4.96. The molecule has 2 aromatic rings. The van der Waals surface area contributed by atoms with Crippen LogP contribution in [0.2, 0.25) is 5.02 Å². The molecule has 1 saturated carbocycles. The zero-order chi connectivity index (χ0) is 14.8. The number of hydrogen-bond acceptors (Lipinski definition) is 3. The first-order valence-electron chi connectivity index (χ1n) is 6.62. The molecule has 0 bridgehead atoms. The van der Waals surface area contributed by atoms with Gasteiger partial charge in [-0.1, -0.05) is 11.6 Å². The van der Waals surface area contributed by atoms with E-state index in [0.29, 0.717) is 12.6 Å². The van der Waals surface area contributed by atoms with Gasteiger partial charge in [0.15, 0.2) is 11.6 Å². The Kier molecular flexibility index (Phi) is 4.03. The molecule has 0 aliphatic heterocycles. The molecule has 1 N–H and O–H groups in total. The van der Waals surface area contributed by atoms with Crippen LogP contribution < -0.4 is 10.1 Å². The maximum absolute atomic E-state index is 13.5. The van der Waals surface area contributed by atoms with Gasteiger partial charge >= 0.3 is 0 Å². The van der Waals surface area contributed by atoms with E-state index in [4.69, 9.17) is 16.3 Å². The summed E-state index contributed by atoms with van der Waals surface area (Å²) >= 11 is 6.07. The third-order valence-corrected chi connectivity index (χ3v) is 3.41. The van der Waals surface area contributed by atoms with Crippen LogP contribution >= 0.6 is 11.6 Å². The summed E-state index contributed by atoms with van der Waals surface area (Å²) in [6.45, 7) is 0.673. The lowest BCUT2D eigenvalue weighted by atomic mass is 10.3. The van der Waals surface area contributed by atoms with Crippen molar-refractivity contribution < 1.29 is 13.5 Å². The van der Waals surface area contributed by atoms with Gasteiger partial charge in [0.1, 0.15) is 10.8 Å². The molecule has 0 unspecified atom stereocenters. The zero-order valence-corrected chi connectivity index (χ0v) is 11.8. The lowest BCUT2D eigenvalue weighted by molar-refractivity contribution is 0.422. The Labute approximate surface area is 125 Å². The Morgan fingerprint density at radius 3 is 2.81 bits per heavy atom. The Bertz CT molecular complexity index is 662. The van der Waals surface area contributed by atoms with Crippen molar-refractivity contribution in [2.24, 2.45) is 0 Å². The smallest absolute Gasteiger partial charge is 0.238 e. The van der Waals surface area contributed by atoms with Gasteiger partial charge in [-0.3, -0.25) is 0 Å². The molecular weight excluding hydrogens is 298 g/mol. The van der Waals surface area contributed by atoms with Crippen LogP contribution in [0.4, 0.5) is 8.78 Å². The molecule has 0 spiro atoms. The Hall–Kier alpha value is -1.72. The standard InChI is InChI=1S/C15H13ClF2N2O/c16-12-5-9(7-19-11-2-3-11)8-20-15(12)21-14-6-10(17)1-4-13(14)18/h1,4-6,8,11,19H,2-3,7H2. The van der Waals surface area contributed by atoms with Gasteiger partial charge in [0.05, 0.1) is 0 Å². The molecule has 0 saturated heterocycles. The molecule has 0 amide bonds. The first-order chi connectivity index (χ1) is 10.1. The fourth-order valence-corrected chi connectivity index (χ4v) is 2.07. The van der Waals surface area contributed by atoms with Crippen molar-refractivity contribution in [3.05, 3.63) is 52.7 Å². The Balaban J connectivity index is 1.74. The average molecular weight is 311 g/mol. The van der Waals surface area contributed by atoms with Gasteiger partial charge in [0.25, 0.3) is 0 Å². The van der Waals surface area contributed by atoms with Gasteiger partial charge in [0.2, 0.25) is 5.88 Å². The molecule has 1 aliphatic carbocycles. The van der Waals surface area contributed by atoms with E-state index < -0.39 is 11.6 Å². The van der Waals surface area contributed by atoms with Gasteiger partial charge < -0.3 is 10.1 Å². The maximum Gasteiger partial charge on any atom is 0.238 e. The maximum atomic E-state index is 13.5. The van der Waals surface area contributed by atoms with Crippen LogP contribution in [0.15, 0.2) is 30.5 Å². The minimum Gasteiger partial charge on any atom is -0.434 e.